The summed E-state index contributed by atoms with van der Waals surface area (Å²) in [7, 11) is -1.76. The van der Waals surface area contributed by atoms with Gasteiger partial charge in [-0.3, -0.25) is 9.97 Å². The third kappa shape index (κ3) is 4.52. The van der Waals surface area contributed by atoms with Crippen molar-refractivity contribution in [3.05, 3.63) is 59.7 Å². The van der Waals surface area contributed by atoms with Crippen LogP contribution in [0.25, 0.3) is 0 Å². The van der Waals surface area contributed by atoms with Crippen LogP contribution in [0.3, 0.4) is 0 Å². The summed E-state index contributed by atoms with van der Waals surface area (Å²) in [6.45, 7) is 10.5. The third-order valence-corrected chi connectivity index (χ3v) is 4.12. The van der Waals surface area contributed by atoms with Gasteiger partial charge in [-0.05, 0) is 63.3 Å². The van der Waals surface area contributed by atoms with Crippen LogP contribution in [0, 0.1) is 18.8 Å². The summed E-state index contributed by atoms with van der Waals surface area (Å²) in [6.07, 6.45) is 5.34. The fraction of sp³-hybridized carbons (Fsp3) is 0.333. The molecule has 1 unspecified atom stereocenters. The van der Waals surface area contributed by atoms with E-state index in [0.29, 0.717) is 0 Å². The molecule has 0 saturated heterocycles. The zero-order valence-corrected chi connectivity index (χ0v) is 14.8. The van der Waals surface area contributed by atoms with Gasteiger partial charge in [0.25, 0.3) is 0 Å². The van der Waals surface area contributed by atoms with Crippen molar-refractivity contribution in [2.24, 2.45) is 0 Å². The van der Waals surface area contributed by atoms with E-state index in [0.717, 1.165) is 16.8 Å². The Morgan fingerprint density at radius 1 is 1.09 bits per heavy atom. The summed E-state index contributed by atoms with van der Waals surface area (Å²) in [5.41, 5.74) is 2.27. The van der Waals surface area contributed by atoms with E-state index < -0.39 is 13.9 Å². The largest absolute Gasteiger partial charge is 0.398 e. The summed E-state index contributed by atoms with van der Waals surface area (Å²) in [6, 6.07) is 7.87. The second-order valence-electron chi connectivity index (χ2n) is 6.42. The summed E-state index contributed by atoms with van der Waals surface area (Å²) >= 11 is 0. The highest BCUT2D eigenvalue weighted by Gasteiger charge is 2.31. The van der Waals surface area contributed by atoms with Gasteiger partial charge in [-0.2, -0.15) is 0 Å². The molecule has 2 rings (SSSR count). The number of aryl methyl sites for hydroxylation is 1. The van der Waals surface area contributed by atoms with Gasteiger partial charge in [-0.15, -0.1) is 0 Å². The highest BCUT2D eigenvalue weighted by molar-refractivity contribution is 6.69. The van der Waals surface area contributed by atoms with Gasteiger partial charge in [0.05, 0.1) is 0 Å². The minimum absolute atomic E-state index is 0.641. The van der Waals surface area contributed by atoms with Gasteiger partial charge >= 0.3 is 0 Å². The van der Waals surface area contributed by atoms with Crippen molar-refractivity contribution in [2.75, 3.05) is 0 Å². The maximum atomic E-state index is 6.37. The monoisotopic (exact) mass is 310 g/mol. The highest BCUT2D eigenvalue weighted by atomic mass is 28.4. The first-order valence-corrected chi connectivity index (χ1v) is 10.8. The van der Waals surface area contributed by atoms with Gasteiger partial charge in [0.1, 0.15) is 5.60 Å². The Balaban J connectivity index is 2.40. The van der Waals surface area contributed by atoms with E-state index in [1.54, 1.807) is 18.6 Å². The standard InChI is InChI=1S/C18H22N2OSi/c1-15-6-7-16(14-20-15)8-11-18(2,21-22(3,4)5)17-9-12-19-13-10-17/h6-7,9-10,12-14H,1-5H3. The maximum absolute atomic E-state index is 6.37. The first kappa shape index (κ1) is 16.4. The maximum Gasteiger partial charge on any atom is 0.186 e. The predicted octanol–water partition coefficient (Wildman–Crippen LogP) is 3.90. The smallest absolute Gasteiger partial charge is 0.186 e. The Labute approximate surface area is 133 Å². The van der Waals surface area contributed by atoms with Crippen LogP contribution in [0.1, 0.15) is 23.7 Å². The van der Waals surface area contributed by atoms with E-state index in [-0.39, 0.29) is 0 Å². The molecule has 0 bridgehead atoms. The zero-order valence-electron chi connectivity index (χ0n) is 13.8. The Kier molecular flexibility index (Phi) is 4.80. The molecule has 1 atom stereocenters. The molecule has 0 fully saturated rings. The molecule has 2 aromatic rings. The molecule has 0 radical (unpaired) electrons. The SMILES string of the molecule is Cc1ccc(C#CC(C)(O[Si](C)(C)C)c2ccncc2)cn1. The molecule has 0 spiro atoms. The number of pyridine rings is 2. The van der Waals surface area contributed by atoms with Crippen molar-refractivity contribution in [3.8, 4) is 11.8 Å². The summed E-state index contributed by atoms with van der Waals surface area (Å²) in [5, 5.41) is 0. The van der Waals surface area contributed by atoms with Crippen molar-refractivity contribution in [3.63, 3.8) is 0 Å². The summed E-state index contributed by atoms with van der Waals surface area (Å²) in [4.78, 5) is 8.36. The van der Waals surface area contributed by atoms with Gasteiger partial charge in [0, 0.05) is 29.8 Å². The fourth-order valence-corrected chi connectivity index (χ4v) is 3.57. The Morgan fingerprint density at radius 3 is 2.32 bits per heavy atom. The average molecular weight is 310 g/mol. The van der Waals surface area contributed by atoms with E-state index in [9.17, 15) is 0 Å². The van der Waals surface area contributed by atoms with Crippen molar-refractivity contribution in [1.29, 1.82) is 0 Å². The molecule has 3 nitrogen and oxygen atoms in total. The molecule has 0 aliphatic carbocycles. The van der Waals surface area contributed by atoms with Crippen LogP contribution < -0.4 is 0 Å². The first-order valence-electron chi connectivity index (χ1n) is 7.35. The molecule has 0 N–H and O–H groups in total. The quantitative estimate of drug-likeness (QED) is 0.637. The van der Waals surface area contributed by atoms with Gasteiger partial charge in [-0.25, -0.2) is 0 Å². The first-order chi connectivity index (χ1) is 10.3. The van der Waals surface area contributed by atoms with E-state index in [1.165, 1.54) is 0 Å². The minimum atomic E-state index is -1.76. The minimum Gasteiger partial charge on any atom is -0.398 e. The Morgan fingerprint density at radius 2 is 1.77 bits per heavy atom. The number of aromatic nitrogens is 2. The van der Waals surface area contributed by atoms with Crippen molar-refractivity contribution >= 4 is 8.32 Å². The summed E-state index contributed by atoms with van der Waals surface area (Å²) < 4.78 is 6.37. The molecular weight excluding hydrogens is 288 g/mol. The molecule has 2 heterocycles. The molecule has 4 heteroatoms. The van der Waals surface area contributed by atoms with Crippen LogP contribution in [-0.2, 0) is 10.0 Å². The lowest BCUT2D eigenvalue weighted by Gasteiger charge is -2.32. The van der Waals surface area contributed by atoms with Crippen molar-refractivity contribution < 1.29 is 4.43 Å². The molecule has 114 valence electrons. The molecular formula is C18H22N2OSi. The fourth-order valence-electron chi connectivity index (χ4n) is 2.17. The second kappa shape index (κ2) is 6.43. The van der Waals surface area contributed by atoms with Crippen LogP contribution >= 0.6 is 0 Å². The Bertz CT molecular complexity index is 681. The van der Waals surface area contributed by atoms with Gasteiger partial charge in [0.15, 0.2) is 8.32 Å². The molecule has 22 heavy (non-hydrogen) atoms. The van der Waals surface area contributed by atoms with E-state index in [1.807, 2.05) is 38.1 Å². The lowest BCUT2D eigenvalue weighted by Crippen LogP contribution is -2.37. The van der Waals surface area contributed by atoms with Crippen LogP contribution in [0.4, 0.5) is 0 Å². The normalized spacial score (nSPS) is 13.9. The second-order valence-corrected chi connectivity index (χ2v) is 10.9. The molecule has 0 amide bonds. The number of nitrogens with zero attached hydrogens (tertiary/aromatic N) is 2. The topological polar surface area (TPSA) is 35.0 Å². The molecule has 0 aromatic carbocycles. The van der Waals surface area contributed by atoms with Gasteiger partial charge in [0.2, 0.25) is 0 Å². The lowest BCUT2D eigenvalue weighted by atomic mass is 9.97. The zero-order chi connectivity index (χ0) is 16.2. The van der Waals surface area contributed by atoms with Crippen LogP contribution in [0.2, 0.25) is 19.6 Å². The average Bonchev–Trinajstić information content (AvgIpc) is 2.46. The van der Waals surface area contributed by atoms with E-state index in [4.69, 9.17) is 4.43 Å². The molecule has 0 saturated carbocycles. The predicted molar refractivity (Wildman–Crippen MR) is 91.9 cm³/mol. The number of hydrogen-bond acceptors (Lipinski definition) is 3. The molecule has 2 aromatic heterocycles. The Hall–Kier alpha value is -1.96. The molecule has 0 aliphatic rings. The van der Waals surface area contributed by atoms with Crippen LogP contribution in [0.15, 0.2) is 42.9 Å². The summed E-state index contributed by atoms with van der Waals surface area (Å²) in [5.74, 6) is 6.50. The van der Waals surface area contributed by atoms with E-state index >= 15 is 0 Å². The van der Waals surface area contributed by atoms with E-state index in [2.05, 4.69) is 41.4 Å². The highest BCUT2D eigenvalue weighted by Crippen LogP contribution is 2.28. The van der Waals surface area contributed by atoms with Crippen molar-refractivity contribution in [1.82, 2.24) is 9.97 Å². The van der Waals surface area contributed by atoms with Crippen molar-refractivity contribution in [2.45, 2.75) is 39.1 Å². The number of rotatable bonds is 3. The lowest BCUT2D eigenvalue weighted by molar-refractivity contribution is 0.143. The van der Waals surface area contributed by atoms with Crippen LogP contribution in [-0.4, -0.2) is 18.3 Å². The van der Waals surface area contributed by atoms with Crippen LogP contribution in [0.5, 0.6) is 0 Å². The third-order valence-electron chi connectivity index (χ3n) is 3.10. The number of hydrogen-bond donors (Lipinski definition) is 0. The van der Waals surface area contributed by atoms with Gasteiger partial charge in [-0.1, -0.05) is 11.8 Å². The van der Waals surface area contributed by atoms with Gasteiger partial charge < -0.3 is 4.43 Å². The molecule has 0 aliphatic heterocycles.